The average molecular weight is 407 g/mol. The van der Waals surface area contributed by atoms with Crippen molar-refractivity contribution in [2.75, 3.05) is 11.9 Å². The molecule has 6 heteroatoms. The number of aliphatic imine (C=N–C) groups is 1. The van der Waals surface area contributed by atoms with Gasteiger partial charge in [0.2, 0.25) is 5.90 Å². The summed E-state index contributed by atoms with van der Waals surface area (Å²) in [5, 5.41) is 3.30. The number of anilines is 1. The highest BCUT2D eigenvalue weighted by atomic mass is 35.5. The molecule has 0 bridgehead atoms. The Bertz CT molecular complexity index is 992. The summed E-state index contributed by atoms with van der Waals surface area (Å²) in [6.45, 7) is 0.303. The lowest BCUT2D eigenvalue weighted by molar-refractivity contribution is 0.00996. The maximum Gasteiger partial charge on any atom is 0.412 e. The molecule has 5 nitrogen and oxygen atoms in total. The Morgan fingerprint density at radius 1 is 0.966 bits per heavy atom. The highest BCUT2D eigenvalue weighted by Gasteiger charge is 2.33. The van der Waals surface area contributed by atoms with Gasteiger partial charge < -0.3 is 9.47 Å². The molecule has 2 atom stereocenters. The Kier molecular flexibility index (Phi) is 5.77. The number of halogens is 1. The molecule has 2 unspecified atom stereocenters. The van der Waals surface area contributed by atoms with E-state index < -0.39 is 18.3 Å². The molecule has 1 aliphatic rings. The molecule has 0 aromatic heterocycles. The number of hydrogen-bond donors (Lipinski definition) is 1. The van der Waals surface area contributed by atoms with E-state index in [0.29, 0.717) is 23.2 Å². The number of rotatable bonds is 4. The van der Waals surface area contributed by atoms with E-state index in [1.54, 1.807) is 24.3 Å². The van der Waals surface area contributed by atoms with Crippen LogP contribution in [0.5, 0.6) is 0 Å². The second-order valence-corrected chi connectivity index (χ2v) is 6.97. The minimum atomic E-state index is -0.569. The van der Waals surface area contributed by atoms with Gasteiger partial charge in [0.15, 0.2) is 12.2 Å². The van der Waals surface area contributed by atoms with Gasteiger partial charge in [0.25, 0.3) is 0 Å². The van der Waals surface area contributed by atoms with Gasteiger partial charge in [0.05, 0.1) is 6.54 Å². The molecule has 3 aromatic rings. The fraction of sp³-hybridized carbons (Fsp3) is 0.130. The van der Waals surface area contributed by atoms with Crippen LogP contribution in [0.2, 0.25) is 5.02 Å². The zero-order chi connectivity index (χ0) is 20.1. The van der Waals surface area contributed by atoms with Crippen LogP contribution < -0.4 is 5.32 Å². The van der Waals surface area contributed by atoms with Crippen LogP contribution in [0.15, 0.2) is 89.9 Å². The molecule has 4 rings (SSSR count). The van der Waals surface area contributed by atoms with Gasteiger partial charge in [-0.15, -0.1) is 0 Å². The fourth-order valence-electron chi connectivity index (χ4n) is 3.08. The summed E-state index contributed by atoms with van der Waals surface area (Å²) in [6, 6.07) is 26.2. The van der Waals surface area contributed by atoms with E-state index in [4.69, 9.17) is 21.1 Å². The first-order valence-corrected chi connectivity index (χ1v) is 9.61. The van der Waals surface area contributed by atoms with E-state index in [0.717, 1.165) is 11.1 Å². The van der Waals surface area contributed by atoms with E-state index >= 15 is 0 Å². The minimum absolute atomic E-state index is 0.303. The first-order valence-electron chi connectivity index (χ1n) is 9.24. The predicted octanol–water partition coefficient (Wildman–Crippen LogP) is 5.48. The molecule has 0 aliphatic carbocycles. The van der Waals surface area contributed by atoms with Crippen LogP contribution in [-0.4, -0.2) is 24.6 Å². The summed E-state index contributed by atoms with van der Waals surface area (Å²) >= 11 is 5.88. The third-order valence-corrected chi connectivity index (χ3v) is 4.74. The van der Waals surface area contributed by atoms with Crippen molar-refractivity contribution < 1.29 is 14.3 Å². The van der Waals surface area contributed by atoms with Gasteiger partial charge in [-0.25, -0.2) is 9.79 Å². The van der Waals surface area contributed by atoms with Crippen LogP contribution in [0.25, 0.3) is 0 Å². The number of ether oxygens (including phenoxy) is 2. The summed E-state index contributed by atoms with van der Waals surface area (Å²) < 4.78 is 11.8. The highest BCUT2D eigenvalue weighted by Crippen LogP contribution is 2.29. The summed E-state index contributed by atoms with van der Waals surface area (Å²) in [6.07, 6.45) is -1.59. The SMILES string of the molecule is O=C(Nc1ccc(Cl)cc1)OC1CN=C(c2ccccc2)OC1c1ccccc1. The van der Waals surface area contributed by atoms with Crippen molar-refractivity contribution in [1.29, 1.82) is 0 Å². The largest absolute Gasteiger partial charge is 0.465 e. The van der Waals surface area contributed by atoms with Gasteiger partial charge >= 0.3 is 6.09 Å². The number of hydrogen-bond acceptors (Lipinski definition) is 4. The van der Waals surface area contributed by atoms with E-state index in [1.165, 1.54) is 0 Å². The van der Waals surface area contributed by atoms with Crippen LogP contribution in [0.3, 0.4) is 0 Å². The molecule has 0 saturated heterocycles. The van der Waals surface area contributed by atoms with E-state index in [9.17, 15) is 4.79 Å². The minimum Gasteiger partial charge on any atom is -0.465 e. The number of carbonyl (C=O) groups is 1. The van der Waals surface area contributed by atoms with Crippen LogP contribution in [0.4, 0.5) is 10.5 Å². The fourth-order valence-corrected chi connectivity index (χ4v) is 3.21. The van der Waals surface area contributed by atoms with Crippen molar-refractivity contribution in [3.63, 3.8) is 0 Å². The number of benzene rings is 3. The molecule has 0 fully saturated rings. The molecule has 0 spiro atoms. The Morgan fingerprint density at radius 3 is 2.31 bits per heavy atom. The summed E-state index contributed by atoms with van der Waals surface area (Å²) in [4.78, 5) is 16.9. The average Bonchev–Trinajstić information content (AvgIpc) is 2.77. The van der Waals surface area contributed by atoms with Crippen LogP contribution in [0, 0.1) is 0 Å². The van der Waals surface area contributed by atoms with Crippen molar-refractivity contribution in [2.45, 2.75) is 12.2 Å². The first kappa shape index (κ1) is 19.0. The van der Waals surface area contributed by atoms with Crippen molar-refractivity contribution >= 4 is 29.3 Å². The maximum absolute atomic E-state index is 12.4. The van der Waals surface area contributed by atoms with Crippen molar-refractivity contribution in [3.05, 3.63) is 101 Å². The summed E-state index contributed by atoms with van der Waals surface area (Å²) in [7, 11) is 0. The number of amides is 1. The van der Waals surface area contributed by atoms with E-state index in [2.05, 4.69) is 10.3 Å². The third kappa shape index (κ3) is 4.76. The Hall–Kier alpha value is -3.31. The zero-order valence-corrected chi connectivity index (χ0v) is 16.3. The van der Waals surface area contributed by atoms with Crippen LogP contribution in [0.1, 0.15) is 17.2 Å². The van der Waals surface area contributed by atoms with Gasteiger partial charge in [0, 0.05) is 16.3 Å². The van der Waals surface area contributed by atoms with Gasteiger partial charge in [-0.2, -0.15) is 0 Å². The Labute approximate surface area is 174 Å². The summed E-state index contributed by atoms with van der Waals surface area (Å²) in [5.74, 6) is 0.539. The van der Waals surface area contributed by atoms with Gasteiger partial charge in [-0.3, -0.25) is 5.32 Å². The highest BCUT2D eigenvalue weighted by molar-refractivity contribution is 6.30. The standard InChI is InChI=1S/C23H19ClN2O3/c24-18-11-13-19(14-12-18)26-23(27)28-20-15-25-22(17-9-5-2-6-10-17)29-21(20)16-7-3-1-4-8-16/h1-14,20-21H,15H2,(H,26,27). The lowest BCUT2D eigenvalue weighted by atomic mass is 10.0. The monoisotopic (exact) mass is 406 g/mol. The molecule has 1 aliphatic heterocycles. The molecule has 1 heterocycles. The molecular formula is C23H19ClN2O3. The number of nitrogens with one attached hydrogen (secondary N) is 1. The van der Waals surface area contributed by atoms with Gasteiger partial charge in [-0.05, 0) is 42.0 Å². The van der Waals surface area contributed by atoms with E-state index in [-0.39, 0.29) is 0 Å². The van der Waals surface area contributed by atoms with Crippen molar-refractivity contribution in [3.8, 4) is 0 Å². The predicted molar refractivity (Wildman–Crippen MR) is 113 cm³/mol. The van der Waals surface area contributed by atoms with Gasteiger partial charge in [0.1, 0.15) is 0 Å². The third-order valence-electron chi connectivity index (χ3n) is 4.49. The smallest absolute Gasteiger partial charge is 0.412 e. The van der Waals surface area contributed by atoms with Crippen LogP contribution >= 0.6 is 11.6 Å². The molecule has 0 radical (unpaired) electrons. The summed E-state index contributed by atoms with van der Waals surface area (Å²) in [5.41, 5.74) is 2.40. The number of carbonyl (C=O) groups excluding carboxylic acids is 1. The topological polar surface area (TPSA) is 59.9 Å². The molecule has 29 heavy (non-hydrogen) atoms. The number of nitrogens with zero attached hydrogens (tertiary/aromatic N) is 1. The molecule has 0 saturated carbocycles. The second kappa shape index (κ2) is 8.80. The maximum atomic E-state index is 12.4. The Morgan fingerprint density at radius 2 is 1.62 bits per heavy atom. The molecule has 1 amide bonds. The lowest BCUT2D eigenvalue weighted by Gasteiger charge is -2.31. The molecule has 1 N–H and O–H groups in total. The molecule has 146 valence electrons. The van der Waals surface area contributed by atoms with Gasteiger partial charge in [-0.1, -0.05) is 60.1 Å². The Balaban J connectivity index is 1.53. The lowest BCUT2D eigenvalue weighted by Crippen LogP contribution is -2.37. The normalized spacial score (nSPS) is 18.3. The molecular weight excluding hydrogens is 388 g/mol. The second-order valence-electron chi connectivity index (χ2n) is 6.54. The van der Waals surface area contributed by atoms with Crippen molar-refractivity contribution in [1.82, 2.24) is 0 Å². The zero-order valence-electron chi connectivity index (χ0n) is 15.5. The van der Waals surface area contributed by atoms with Crippen molar-refractivity contribution in [2.24, 2.45) is 4.99 Å². The van der Waals surface area contributed by atoms with E-state index in [1.807, 2.05) is 60.7 Å². The quantitative estimate of drug-likeness (QED) is 0.624. The molecule has 3 aromatic carbocycles. The first-order chi connectivity index (χ1) is 14.2. The van der Waals surface area contributed by atoms with Crippen LogP contribution in [-0.2, 0) is 9.47 Å².